The van der Waals surface area contributed by atoms with E-state index in [4.69, 9.17) is 5.73 Å². The fourth-order valence-electron chi connectivity index (χ4n) is 1.97. The first-order valence-corrected chi connectivity index (χ1v) is 5.91. The van der Waals surface area contributed by atoms with Gasteiger partial charge in [0.2, 0.25) is 0 Å². The number of methoxy groups -OCH3 is 1. The smallest absolute Gasteiger partial charge is 0.469 e. The molecular weight excluding hydrogens is 272 g/mol. The molecule has 0 radical (unpaired) electrons. The summed E-state index contributed by atoms with van der Waals surface area (Å²) in [6.07, 6.45) is -3.68. The van der Waals surface area contributed by atoms with E-state index in [-0.39, 0.29) is 11.5 Å². The second-order valence-corrected chi connectivity index (χ2v) is 5.06. The van der Waals surface area contributed by atoms with Crippen LogP contribution in [0.5, 0.6) is 11.5 Å². The number of hydrogen-bond donors (Lipinski definition) is 1. The minimum atomic E-state index is -3.68. The van der Waals surface area contributed by atoms with Gasteiger partial charge in [-0.3, -0.25) is 4.79 Å². The van der Waals surface area contributed by atoms with Crippen molar-refractivity contribution in [3.05, 3.63) is 23.8 Å². The van der Waals surface area contributed by atoms with E-state index in [1.807, 2.05) is 0 Å². The second kappa shape index (κ2) is 4.59. The maximum absolute atomic E-state index is 12.9. The Morgan fingerprint density at radius 2 is 1.95 bits per heavy atom. The van der Waals surface area contributed by atoms with Gasteiger partial charge in [-0.25, -0.2) is 0 Å². The Morgan fingerprint density at radius 1 is 1.35 bits per heavy atom. The summed E-state index contributed by atoms with van der Waals surface area (Å²) >= 11 is 0. The fourth-order valence-corrected chi connectivity index (χ4v) is 1.97. The summed E-state index contributed by atoms with van der Waals surface area (Å²) in [5, 5.41) is 0. The van der Waals surface area contributed by atoms with Crippen molar-refractivity contribution < 1.29 is 27.8 Å². The largest absolute Gasteiger partial charge is 0.586 e. The second-order valence-electron chi connectivity index (χ2n) is 5.06. The lowest BCUT2D eigenvalue weighted by atomic mass is 9.81. The summed E-state index contributed by atoms with van der Waals surface area (Å²) in [4.78, 5) is 11.7. The van der Waals surface area contributed by atoms with Gasteiger partial charge in [-0.05, 0) is 31.5 Å². The third-order valence-corrected chi connectivity index (χ3v) is 3.27. The van der Waals surface area contributed by atoms with Crippen molar-refractivity contribution in [2.45, 2.75) is 26.2 Å². The average Bonchev–Trinajstić information content (AvgIpc) is 2.69. The van der Waals surface area contributed by atoms with E-state index in [2.05, 4.69) is 14.2 Å². The zero-order valence-corrected chi connectivity index (χ0v) is 11.3. The molecule has 7 heteroatoms. The molecule has 110 valence electrons. The maximum atomic E-state index is 12.9. The Morgan fingerprint density at radius 3 is 2.55 bits per heavy atom. The van der Waals surface area contributed by atoms with Crippen molar-refractivity contribution in [1.82, 2.24) is 0 Å². The highest BCUT2D eigenvalue weighted by Crippen LogP contribution is 2.43. The Labute approximate surface area is 114 Å². The predicted molar refractivity (Wildman–Crippen MR) is 65.4 cm³/mol. The van der Waals surface area contributed by atoms with Crippen molar-refractivity contribution in [2.75, 3.05) is 7.11 Å². The van der Waals surface area contributed by atoms with Gasteiger partial charge in [-0.2, -0.15) is 0 Å². The number of benzene rings is 1. The van der Waals surface area contributed by atoms with E-state index >= 15 is 0 Å². The zero-order valence-electron chi connectivity index (χ0n) is 11.3. The molecule has 0 bridgehead atoms. The van der Waals surface area contributed by atoms with Crippen LogP contribution < -0.4 is 15.2 Å². The maximum Gasteiger partial charge on any atom is 0.586 e. The highest BCUT2D eigenvalue weighted by atomic mass is 19.3. The Balaban J connectivity index is 2.30. The fraction of sp³-hybridized carbons (Fsp3) is 0.462. The van der Waals surface area contributed by atoms with Crippen LogP contribution in [0.1, 0.15) is 25.5 Å². The molecule has 20 heavy (non-hydrogen) atoms. The molecule has 0 fully saturated rings. The monoisotopic (exact) mass is 287 g/mol. The number of fused-ring (bicyclic) bond motifs is 1. The Bertz CT molecular complexity index is 545. The van der Waals surface area contributed by atoms with Crippen molar-refractivity contribution in [2.24, 2.45) is 11.1 Å². The summed E-state index contributed by atoms with van der Waals surface area (Å²) in [5.41, 5.74) is 5.49. The van der Waals surface area contributed by atoms with E-state index in [1.165, 1.54) is 25.3 Å². The first-order chi connectivity index (χ1) is 9.17. The number of ether oxygens (including phenoxy) is 3. The number of nitrogens with two attached hydrogens (primary N) is 1. The van der Waals surface area contributed by atoms with Crippen LogP contribution in [0.25, 0.3) is 0 Å². The summed E-state index contributed by atoms with van der Waals surface area (Å²) in [6.45, 7) is 3.23. The van der Waals surface area contributed by atoms with E-state index < -0.39 is 23.7 Å². The van der Waals surface area contributed by atoms with Crippen LogP contribution in [0.15, 0.2) is 18.2 Å². The molecule has 1 atom stereocenters. The third kappa shape index (κ3) is 2.40. The van der Waals surface area contributed by atoms with Crippen molar-refractivity contribution in [3.8, 4) is 11.5 Å². The van der Waals surface area contributed by atoms with Gasteiger partial charge in [0.1, 0.15) is 0 Å². The molecule has 5 nitrogen and oxygen atoms in total. The number of hydrogen-bond acceptors (Lipinski definition) is 5. The van der Waals surface area contributed by atoms with Gasteiger partial charge in [0.15, 0.2) is 11.5 Å². The van der Waals surface area contributed by atoms with E-state index in [0.29, 0.717) is 5.56 Å². The van der Waals surface area contributed by atoms with Gasteiger partial charge in [0, 0.05) is 6.04 Å². The summed E-state index contributed by atoms with van der Waals surface area (Å²) in [7, 11) is 1.26. The van der Waals surface area contributed by atoms with Crippen LogP contribution >= 0.6 is 0 Å². The quantitative estimate of drug-likeness (QED) is 0.863. The summed E-state index contributed by atoms with van der Waals surface area (Å²) in [6, 6.07) is 3.45. The lowest BCUT2D eigenvalue weighted by molar-refractivity contribution is -0.286. The molecule has 0 aromatic heterocycles. The molecule has 0 unspecified atom stereocenters. The normalized spacial score (nSPS) is 17.7. The molecule has 0 amide bonds. The van der Waals surface area contributed by atoms with Gasteiger partial charge in [-0.1, -0.05) is 6.07 Å². The van der Waals surface area contributed by atoms with Crippen molar-refractivity contribution in [3.63, 3.8) is 0 Å². The molecule has 1 aromatic rings. The first-order valence-electron chi connectivity index (χ1n) is 5.91. The lowest BCUT2D eigenvalue weighted by Crippen LogP contribution is -2.37. The van der Waals surface area contributed by atoms with Gasteiger partial charge >= 0.3 is 12.3 Å². The molecule has 0 saturated carbocycles. The molecule has 2 rings (SSSR count). The zero-order chi connectivity index (χ0) is 15.1. The highest BCUT2D eigenvalue weighted by Gasteiger charge is 2.44. The number of halogens is 2. The minimum absolute atomic E-state index is 0.0678. The molecule has 1 aliphatic rings. The molecule has 1 aliphatic heterocycles. The van der Waals surface area contributed by atoms with Crippen LogP contribution in [0.4, 0.5) is 8.78 Å². The topological polar surface area (TPSA) is 70.8 Å². The number of esters is 1. The molecule has 0 aliphatic carbocycles. The molecule has 0 saturated heterocycles. The Kier molecular flexibility index (Phi) is 3.33. The van der Waals surface area contributed by atoms with E-state index in [9.17, 15) is 13.6 Å². The van der Waals surface area contributed by atoms with Crippen LogP contribution in [0.3, 0.4) is 0 Å². The number of rotatable bonds is 3. The Hall–Kier alpha value is -1.89. The van der Waals surface area contributed by atoms with Gasteiger partial charge in [-0.15, -0.1) is 8.78 Å². The first kappa shape index (κ1) is 14.5. The molecule has 1 heterocycles. The van der Waals surface area contributed by atoms with Gasteiger partial charge in [0.25, 0.3) is 0 Å². The van der Waals surface area contributed by atoms with Crippen LogP contribution in [0.2, 0.25) is 0 Å². The number of carbonyl (C=O) groups is 1. The van der Waals surface area contributed by atoms with Gasteiger partial charge < -0.3 is 19.9 Å². The van der Waals surface area contributed by atoms with E-state index in [1.54, 1.807) is 13.8 Å². The number of alkyl halides is 2. The SMILES string of the molecule is COC(=O)C(C)(C)[C@H](N)c1ccc2c(c1)OC(F)(F)O2. The minimum Gasteiger partial charge on any atom is -0.469 e. The van der Waals surface area contributed by atoms with Crippen LogP contribution in [-0.4, -0.2) is 19.4 Å². The molecule has 0 spiro atoms. The van der Waals surface area contributed by atoms with Crippen LogP contribution in [-0.2, 0) is 9.53 Å². The highest BCUT2D eigenvalue weighted by molar-refractivity contribution is 5.77. The van der Waals surface area contributed by atoms with Crippen LogP contribution in [0, 0.1) is 5.41 Å². The standard InChI is InChI=1S/C13H15F2NO4/c1-12(2,11(17)18-3)10(16)7-4-5-8-9(6-7)20-13(14,15)19-8/h4-6,10H,16H2,1-3H3/t10-/m1/s1. The average molecular weight is 287 g/mol. The summed E-state index contributed by atoms with van der Waals surface area (Å²) in [5.74, 6) is -0.668. The van der Waals surface area contributed by atoms with Crippen molar-refractivity contribution in [1.29, 1.82) is 0 Å². The predicted octanol–water partition coefficient (Wildman–Crippen LogP) is 2.21. The third-order valence-electron chi connectivity index (χ3n) is 3.27. The molecule has 1 aromatic carbocycles. The van der Waals surface area contributed by atoms with Gasteiger partial charge in [0.05, 0.1) is 12.5 Å². The summed E-state index contributed by atoms with van der Waals surface area (Å²) < 4.78 is 39.2. The molecular formula is C13H15F2NO4. The van der Waals surface area contributed by atoms with Crippen molar-refractivity contribution >= 4 is 5.97 Å². The lowest BCUT2D eigenvalue weighted by Gasteiger charge is -2.28. The molecule has 2 N–H and O–H groups in total. The number of carbonyl (C=O) groups excluding carboxylic acids is 1. The van der Waals surface area contributed by atoms with E-state index in [0.717, 1.165) is 0 Å².